The van der Waals surface area contributed by atoms with Crippen LogP contribution >= 0.6 is 0 Å². The molecule has 2 rings (SSSR count). The molecule has 1 fully saturated rings. The maximum absolute atomic E-state index is 12.2. The van der Waals surface area contributed by atoms with Crippen LogP contribution in [0, 0.1) is 11.3 Å². The molecular formula is C22H33N3O3. The third-order valence-corrected chi connectivity index (χ3v) is 5.16. The first-order chi connectivity index (χ1) is 13.6. The molecule has 0 aliphatic carbocycles. The van der Waals surface area contributed by atoms with Crippen molar-refractivity contribution in [3.63, 3.8) is 0 Å². The summed E-state index contributed by atoms with van der Waals surface area (Å²) in [6, 6.07) is 9.98. The number of ether oxygens (including phenoxy) is 2. The molecule has 6 nitrogen and oxygen atoms in total. The Morgan fingerprint density at radius 2 is 1.86 bits per heavy atom. The van der Waals surface area contributed by atoms with Gasteiger partial charge in [0.2, 0.25) is 5.91 Å². The molecule has 154 valence electrons. The Labute approximate surface area is 168 Å². The second-order valence-electron chi connectivity index (χ2n) is 7.29. The zero-order valence-corrected chi connectivity index (χ0v) is 17.2. The number of carbonyl (C=O) groups is 1. The van der Waals surface area contributed by atoms with Crippen LogP contribution in [0.15, 0.2) is 24.3 Å². The van der Waals surface area contributed by atoms with Crippen LogP contribution in [0.25, 0.3) is 0 Å². The average Bonchev–Trinajstić information content (AvgIpc) is 2.70. The van der Waals surface area contributed by atoms with Gasteiger partial charge in [-0.2, -0.15) is 5.26 Å². The van der Waals surface area contributed by atoms with Gasteiger partial charge in [-0.1, -0.05) is 38.8 Å². The van der Waals surface area contributed by atoms with E-state index in [9.17, 15) is 4.79 Å². The first-order valence-corrected chi connectivity index (χ1v) is 10.3. The molecule has 0 aromatic heterocycles. The molecule has 0 saturated carbocycles. The monoisotopic (exact) mass is 387 g/mol. The number of carbonyl (C=O) groups excluding carboxylic acids is 1. The van der Waals surface area contributed by atoms with E-state index in [0.717, 1.165) is 69.8 Å². The van der Waals surface area contributed by atoms with Crippen molar-refractivity contribution in [1.82, 2.24) is 10.2 Å². The minimum absolute atomic E-state index is 0.113. The predicted octanol–water partition coefficient (Wildman–Crippen LogP) is 3.22. The lowest BCUT2D eigenvalue weighted by Crippen LogP contribution is -2.45. The maximum Gasteiger partial charge on any atom is 0.234 e. The van der Waals surface area contributed by atoms with Gasteiger partial charge in [-0.3, -0.25) is 9.69 Å². The van der Waals surface area contributed by atoms with E-state index in [-0.39, 0.29) is 12.3 Å². The highest BCUT2D eigenvalue weighted by Crippen LogP contribution is 2.33. The van der Waals surface area contributed by atoms with Gasteiger partial charge in [0.05, 0.1) is 24.8 Å². The molecule has 1 amide bonds. The number of rotatable bonds is 11. The molecule has 0 atom stereocenters. The predicted molar refractivity (Wildman–Crippen MR) is 109 cm³/mol. The van der Waals surface area contributed by atoms with E-state index < -0.39 is 5.54 Å². The van der Waals surface area contributed by atoms with Gasteiger partial charge in [0.1, 0.15) is 18.8 Å². The average molecular weight is 388 g/mol. The van der Waals surface area contributed by atoms with E-state index in [1.807, 2.05) is 30.3 Å². The van der Waals surface area contributed by atoms with Crippen LogP contribution in [0.3, 0.4) is 0 Å². The molecule has 0 spiro atoms. The molecule has 0 bridgehead atoms. The van der Waals surface area contributed by atoms with Crippen LogP contribution in [-0.4, -0.2) is 50.3 Å². The number of hydrogen-bond donors (Lipinski definition) is 1. The van der Waals surface area contributed by atoms with Crippen LogP contribution in [0.4, 0.5) is 0 Å². The van der Waals surface area contributed by atoms with Gasteiger partial charge in [0, 0.05) is 19.6 Å². The van der Waals surface area contributed by atoms with Crippen molar-refractivity contribution in [2.24, 2.45) is 0 Å². The summed E-state index contributed by atoms with van der Waals surface area (Å²) in [6.07, 6.45) is 3.47. The van der Waals surface area contributed by atoms with Crippen molar-refractivity contribution >= 4 is 5.91 Å². The third kappa shape index (κ3) is 6.50. The van der Waals surface area contributed by atoms with E-state index in [1.165, 1.54) is 0 Å². The fraction of sp³-hybridized carbons (Fsp3) is 0.636. The van der Waals surface area contributed by atoms with Crippen LogP contribution in [0.2, 0.25) is 0 Å². The van der Waals surface area contributed by atoms with Gasteiger partial charge in [-0.05, 0) is 30.5 Å². The first-order valence-electron chi connectivity index (χ1n) is 10.3. The molecule has 1 N–H and O–H groups in total. The summed E-state index contributed by atoms with van der Waals surface area (Å²) < 4.78 is 11.3. The van der Waals surface area contributed by atoms with Crippen LogP contribution in [0.1, 0.15) is 51.5 Å². The number of nitrogens with zero attached hydrogens (tertiary/aromatic N) is 2. The lowest BCUT2D eigenvalue weighted by molar-refractivity contribution is -0.122. The van der Waals surface area contributed by atoms with Crippen molar-refractivity contribution < 1.29 is 14.3 Å². The molecule has 1 aromatic rings. The molecule has 28 heavy (non-hydrogen) atoms. The standard InChI is InChI=1S/C22H33N3O3/c1-3-10-22(11-4-2,24-21(26)9-12-23)19-5-7-20(8-6-19)28-18-15-25-13-16-27-17-14-25/h5-8H,3-4,9-11,13-18H2,1-2H3,(H,24,26). The Kier molecular flexibility index (Phi) is 9.26. The number of nitrogens with one attached hydrogen (secondary N) is 1. The SMILES string of the molecule is CCCC(CCC)(NC(=O)CC#N)c1ccc(OCCN2CCOCC2)cc1. The van der Waals surface area contributed by atoms with Gasteiger partial charge >= 0.3 is 0 Å². The zero-order valence-electron chi connectivity index (χ0n) is 17.2. The molecule has 1 aromatic carbocycles. The Morgan fingerprint density at radius 3 is 2.43 bits per heavy atom. The smallest absolute Gasteiger partial charge is 0.234 e. The number of morpholine rings is 1. The Hall–Kier alpha value is -2.10. The first kappa shape index (κ1) is 22.2. The molecular weight excluding hydrogens is 354 g/mol. The van der Waals surface area contributed by atoms with Gasteiger partial charge in [-0.15, -0.1) is 0 Å². The minimum Gasteiger partial charge on any atom is -0.492 e. The summed E-state index contributed by atoms with van der Waals surface area (Å²) in [7, 11) is 0. The quantitative estimate of drug-likeness (QED) is 0.631. The van der Waals surface area contributed by atoms with Crippen LogP contribution < -0.4 is 10.1 Å². The number of amides is 1. The second-order valence-corrected chi connectivity index (χ2v) is 7.29. The lowest BCUT2D eigenvalue weighted by atomic mass is 9.81. The number of hydrogen-bond acceptors (Lipinski definition) is 5. The highest BCUT2D eigenvalue weighted by molar-refractivity contribution is 5.79. The Morgan fingerprint density at radius 1 is 1.21 bits per heavy atom. The van der Waals surface area contributed by atoms with E-state index in [4.69, 9.17) is 14.7 Å². The lowest BCUT2D eigenvalue weighted by Gasteiger charge is -2.35. The van der Waals surface area contributed by atoms with Gasteiger partial charge < -0.3 is 14.8 Å². The third-order valence-electron chi connectivity index (χ3n) is 5.16. The topological polar surface area (TPSA) is 74.6 Å². The van der Waals surface area contributed by atoms with E-state index in [0.29, 0.717) is 6.61 Å². The van der Waals surface area contributed by atoms with Crippen molar-refractivity contribution in [1.29, 1.82) is 5.26 Å². The van der Waals surface area contributed by atoms with Crippen LogP contribution in [0.5, 0.6) is 5.75 Å². The Balaban J connectivity index is 2.02. The highest BCUT2D eigenvalue weighted by atomic mass is 16.5. The number of benzene rings is 1. The van der Waals surface area contributed by atoms with E-state index in [1.54, 1.807) is 0 Å². The molecule has 6 heteroatoms. The fourth-order valence-electron chi connectivity index (χ4n) is 3.83. The fourth-order valence-corrected chi connectivity index (χ4v) is 3.83. The normalized spacial score (nSPS) is 15.0. The van der Waals surface area contributed by atoms with Gasteiger partial charge in [0.15, 0.2) is 0 Å². The van der Waals surface area contributed by atoms with Crippen molar-refractivity contribution in [3.8, 4) is 11.8 Å². The summed E-state index contributed by atoms with van der Waals surface area (Å²) in [6.45, 7) is 9.28. The second kappa shape index (κ2) is 11.7. The summed E-state index contributed by atoms with van der Waals surface area (Å²) in [5, 5.41) is 12.0. The molecule has 1 heterocycles. The van der Waals surface area contributed by atoms with Crippen molar-refractivity contribution in [3.05, 3.63) is 29.8 Å². The van der Waals surface area contributed by atoms with Crippen molar-refractivity contribution in [2.75, 3.05) is 39.5 Å². The van der Waals surface area contributed by atoms with Gasteiger partial charge in [0.25, 0.3) is 0 Å². The number of nitriles is 1. The summed E-state index contributed by atoms with van der Waals surface area (Å²) in [5.41, 5.74) is 0.645. The molecule has 0 radical (unpaired) electrons. The van der Waals surface area contributed by atoms with Crippen LogP contribution in [-0.2, 0) is 15.1 Å². The summed E-state index contributed by atoms with van der Waals surface area (Å²) in [5.74, 6) is 0.623. The van der Waals surface area contributed by atoms with Crippen molar-refractivity contribution in [2.45, 2.75) is 51.5 Å². The molecule has 0 unspecified atom stereocenters. The summed E-state index contributed by atoms with van der Waals surface area (Å²) in [4.78, 5) is 14.5. The summed E-state index contributed by atoms with van der Waals surface area (Å²) >= 11 is 0. The molecule has 1 aliphatic rings. The molecule has 1 saturated heterocycles. The minimum atomic E-state index is -0.427. The zero-order chi connectivity index (χ0) is 20.2. The van der Waals surface area contributed by atoms with E-state index >= 15 is 0 Å². The highest BCUT2D eigenvalue weighted by Gasteiger charge is 2.32. The van der Waals surface area contributed by atoms with E-state index in [2.05, 4.69) is 24.1 Å². The largest absolute Gasteiger partial charge is 0.492 e. The van der Waals surface area contributed by atoms with Gasteiger partial charge in [-0.25, -0.2) is 0 Å². The molecule has 1 aliphatic heterocycles. The Bertz CT molecular complexity index is 627. The maximum atomic E-state index is 12.2.